The van der Waals surface area contributed by atoms with E-state index in [1.165, 1.54) is 36.8 Å². The molecule has 0 atom stereocenters. The third-order valence-corrected chi connectivity index (χ3v) is 7.26. The van der Waals surface area contributed by atoms with E-state index in [9.17, 15) is 17.6 Å². The van der Waals surface area contributed by atoms with Crippen molar-refractivity contribution in [3.05, 3.63) is 59.9 Å². The first-order valence-corrected chi connectivity index (χ1v) is 12.0. The lowest BCUT2D eigenvalue weighted by molar-refractivity contribution is -0.120. The molecule has 0 spiro atoms. The third-order valence-electron chi connectivity index (χ3n) is 5.49. The number of halogens is 1. The topological polar surface area (TPSA) is 66.5 Å². The number of para-hydroxylation sites is 1. The van der Waals surface area contributed by atoms with E-state index in [-0.39, 0.29) is 16.6 Å². The Morgan fingerprint density at radius 3 is 2.23 bits per heavy atom. The van der Waals surface area contributed by atoms with Gasteiger partial charge in [-0.1, -0.05) is 61.9 Å². The van der Waals surface area contributed by atoms with Crippen molar-refractivity contribution in [2.75, 3.05) is 10.8 Å². The van der Waals surface area contributed by atoms with E-state index in [0.29, 0.717) is 0 Å². The molecule has 1 amide bonds. The van der Waals surface area contributed by atoms with Crippen LogP contribution in [0.4, 0.5) is 10.1 Å². The number of nitrogens with zero attached hydrogens (tertiary/aromatic N) is 1. The molecule has 0 unspecified atom stereocenters. The van der Waals surface area contributed by atoms with Crippen LogP contribution < -0.4 is 9.62 Å². The third kappa shape index (κ3) is 5.59. The Balaban J connectivity index is 1.85. The zero-order valence-corrected chi connectivity index (χ0v) is 18.1. The average Bonchev–Trinajstić information content (AvgIpc) is 2.69. The quantitative estimate of drug-likeness (QED) is 0.728. The van der Waals surface area contributed by atoms with Gasteiger partial charge >= 0.3 is 0 Å². The van der Waals surface area contributed by atoms with Gasteiger partial charge in [0.15, 0.2) is 0 Å². The molecule has 3 rings (SSSR count). The number of amides is 1. The summed E-state index contributed by atoms with van der Waals surface area (Å²) in [5, 5.41) is 2.97. The van der Waals surface area contributed by atoms with Crippen LogP contribution in [0.3, 0.4) is 0 Å². The Hall–Kier alpha value is -2.41. The number of carbonyl (C=O) groups excluding carboxylic acids is 1. The Labute approximate surface area is 178 Å². The van der Waals surface area contributed by atoms with Crippen LogP contribution in [0.25, 0.3) is 0 Å². The second-order valence-corrected chi connectivity index (χ2v) is 9.75. The van der Waals surface area contributed by atoms with E-state index in [1.807, 2.05) is 6.92 Å². The summed E-state index contributed by atoms with van der Waals surface area (Å²) < 4.78 is 42.0. The number of sulfonamides is 1. The summed E-state index contributed by atoms with van der Waals surface area (Å²) in [6, 6.07) is 12.0. The molecule has 2 aromatic rings. The zero-order chi connectivity index (χ0) is 21.6. The van der Waals surface area contributed by atoms with Gasteiger partial charge in [0.05, 0.1) is 10.6 Å². The number of hydrogen-bond acceptors (Lipinski definition) is 3. The fraction of sp³-hybridized carbons (Fsp3) is 0.435. The van der Waals surface area contributed by atoms with Gasteiger partial charge in [-0.25, -0.2) is 12.8 Å². The van der Waals surface area contributed by atoms with E-state index < -0.39 is 28.3 Å². The van der Waals surface area contributed by atoms with Crippen molar-refractivity contribution < 1.29 is 17.6 Å². The number of rotatable bonds is 6. The fourth-order valence-electron chi connectivity index (χ4n) is 3.80. The normalized spacial score (nSPS) is 15.8. The van der Waals surface area contributed by atoms with E-state index in [0.717, 1.165) is 48.4 Å². The number of aryl methyl sites for hydroxylation is 1. The highest BCUT2D eigenvalue weighted by molar-refractivity contribution is 7.92. The lowest BCUT2D eigenvalue weighted by Crippen LogP contribution is -2.44. The van der Waals surface area contributed by atoms with Crippen LogP contribution in [0.15, 0.2) is 53.4 Å². The average molecular weight is 433 g/mol. The number of anilines is 1. The smallest absolute Gasteiger partial charge is 0.264 e. The summed E-state index contributed by atoms with van der Waals surface area (Å²) in [7, 11) is -4.11. The van der Waals surface area contributed by atoms with Crippen molar-refractivity contribution >= 4 is 21.6 Å². The number of carbonyl (C=O) groups is 1. The maximum atomic E-state index is 14.5. The highest BCUT2D eigenvalue weighted by Gasteiger charge is 2.29. The van der Waals surface area contributed by atoms with Crippen molar-refractivity contribution in [3.63, 3.8) is 0 Å². The molecular weight excluding hydrogens is 403 g/mol. The molecule has 30 heavy (non-hydrogen) atoms. The summed E-state index contributed by atoms with van der Waals surface area (Å²) >= 11 is 0. The van der Waals surface area contributed by atoms with Crippen molar-refractivity contribution in [1.82, 2.24) is 5.32 Å². The van der Waals surface area contributed by atoms with Crippen LogP contribution in [0, 0.1) is 12.7 Å². The molecular formula is C23H29FN2O3S. The standard InChI is InChI=1S/C23H29FN2O3S/c1-18-13-15-20(16-14-18)30(28,29)26(22-12-8-7-11-21(22)24)17-23(27)25-19-9-5-3-2-4-6-10-19/h7-8,11-16,19H,2-6,9-10,17H2,1H3,(H,25,27). The molecule has 0 bridgehead atoms. The largest absolute Gasteiger partial charge is 0.352 e. The Morgan fingerprint density at radius 1 is 1.00 bits per heavy atom. The van der Waals surface area contributed by atoms with Crippen molar-refractivity contribution in [2.24, 2.45) is 0 Å². The van der Waals surface area contributed by atoms with Crippen LogP contribution in [0.2, 0.25) is 0 Å². The number of hydrogen-bond donors (Lipinski definition) is 1. The molecule has 1 aliphatic rings. The molecule has 0 radical (unpaired) electrons. The molecule has 1 N–H and O–H groups in total. The summed E-state index contributed by atoms with van der Waals surface area (Å²) in [6.07, 6.45) is 7.38. The van der Waals surface area contributed by atoms with Crippen LogP contribution >= 0.6 is 0 Å². The van der Waals surface area contributed by atoms with E-state index in [2.05, 4.69) is 5.32 Å². The SMILES string of the molecule is Cc1ccc(S(=O)(=O)N(CC(=O)NC2CCCCCCC2)c2ccccc2F)cc1. The maximum Gasteiger partial charge on any atom is 0.264 e. The Morgan fingerprint density at radius 2 is 1.60 bits per heavy atom. The first-order valence-electron chi connectivity index (χ1n) is 10.5. The van der Waals surface area contributed by atoms with Crippen LogP contribution in [-0.4, -0.2) is 26.9 Å². The minimum Gasteiger partial charge on any atom is -0.352 e. The predicted octanol–water partition coefficient (Wildman–Crippen LogP) is 4.56. The van der Waals surface area contributed by atoms with Gasteiger partial charge in [0, 0.05) is 6.04 Å². The minimum atomic E-state index is -4.11. The zero-order valence-electron chi connectivity index (χ0n) is 17.3. The Kier molecular flexibility index (Phi) is 7.48. The van der Waals surface area contributed by atoms with Gasteiger partial charge < -0.3 is 5.32 Å². The molecule has 5 nitrogen and oxygen atoms in total. The van der Waals surface area contributed by atoms with Crippen LogP contribution in [0.5, 0.6) is 0 Å². The van der Waals surface area contributed by atoms with Gasteiger partial charge in [-0.3, -0.25) is 9.10 Å². The van der Waals surface area contributed by atoms with Gasteiger partial charge in [-0.2, -0.15) is 0 Å². The molecule has 0 saturated heterocycles. The van der Waals surface area contributed by atoms with Gasteiger partial charge in [-0.05, 0) is 44.0 Å². The van der Waals surface area contributed by atoms with Gasteiger partial charge in [0.2, 0.25) is 5.91 Å². The second kappa shape index (κ2) is 10.1. The number of benzene rings is 2. The van der Waals surface area contributed by atoms with E-state index >= 15 is 0 Å². The molecule has 1 fully saturated rings. The van der Waals surface area contributed by atoms with E-state index in [1.54, 1.807) is 18.2 Å². The van der Waals surface area contributed by atoms with E-state index in [4.69, 9.17) is 0 Å². The molecule has 1 aliphatic carbocycles. The van der Waals surface area contributed by atoms with Gasteiger partial charge in [0.1, 0.15) is 12.4 Å². The molecule has 0 heterocycles. The maximum absolute atomic E-state index is 14.5. The molecule has 7 heteroatoms. The van der Waals surface area contributed by atoms with Crippen molar-refractivity contribution in [3.8, 4) is 0 Å². The highest BCUT2D eigenvalue weighted by atomic mass is 32.2. The van der Waals surface area contributed by atoms with Gasteiger partial charge in [0.25, 0.3) is 10.0 Å². The molecule has 0 aromatic heterocycles. The highest BCUT2D eigenvalue weighted by Crippen LogP contribution is 2.26. The number of nitrogens with one attached hydrogen (secondary N) is 1. The first kappa shape index (κ1) is 22.3. The first-order chi connectivity index (χ1) is 14.4. The van der Waals surface area contributed by atoms with Crippen LogP contribution in [0.1, 0.15) is 50.5 Å². The molecule has 2 aromatic carbocycles. The predicted molar refractivity (Wildman–Crippen MR) is 116 cm³/mol. The van der Waals surface area contributed by atoms with Crippen molar-refractivity contribution in [1.29, 1.82) is 0 Å². The Bertz CT molecular complexity index is 953. The monoisotopic (exact) mass is 432 g/mol. The van der Waals surface area contributed by atoms with Gasteiger partial charge in [-0.15, -0.1) is 0 Å². The summed E-state index contributed by atoms with van der Waals surface area (Å²) in [4.78, 5) is 12.8. The summed E-state index contributed by atoms with van der Waals surface area (Å²) in [5.41, 5.74) is 0.777. The van der Waals surface area contributed by atoms with Crippen LogP contribution in [-0.2, 0) is 14.8 Å². The molecule has 162 valence electrons. The summed E-state index contributed by atoms with van der Waals surface area (Å²) in [6.45, 7) is 1.39. The van der Waals surface area contributed by atoms with Crippen molar-refractivity contribution in [2.45, 2.75) is 62.8 Å². The summed E-state index contributed by atoms with van der Waals surface area (Å²) in [5.74, 6) is -1.11. The fourth-order valence-corrected chi connectivity index (χ4v) is 5.22. The molecule has 1 saturated carbocycles. The minimum absolute atomic E-state index is 0.0232. The molecule has 0 aliphatic heterocycles. The lowest BCUT2D eigenvalue weighted by atomic mass is 9.97. The second-order valence-electron chi connectivity index (χ2n) is 7.89. The lowest BCUT2D eigenvalue weighted by Gasteiger charge is -2.26.